The van der Waals surface area contributed by atoms with Gasteiger partial charge in [-0.1, -0.05) is 0 Å². The van der Waals surface area contributed by atoms with Gasteiger partial charge in [0.25, 0.3) is 0 Å². The van der Waals surface area contributed by atoms with Gasteiger partial charge in [0.15, 0.2) is 0 Å². The number of primary amides is 1. The van der Waals surface area contributed by atoms with Crippen LogP contribution in [0, 0.1) is 0 Å². The Morgan fingerprint density at radius 1 is 0.857 bits per heavy atom. The van der Waals surface area contributed by atoms with Gasteiger partial charge in [-0.05, 0) is 48.5 Å². The lowest BCUT2D eigenvalue weighted by Gasteiger charge is -2.32. The fourth-order valence-corrected chi connectivity index (χ4v) is 4.22. The van der Waals surface area contributed by atoms with Crippen LogP contribution in [0.4, 0.5) is 18.4 Å². The van der Waals surface area contributed by atoms with Crippen LogP contribution in [0.3, 0.4) is 0 Å². The van der Waals surface area contributed by atoms with Gasteiger partial charge in [0.2, 0.25) is 5.91 Å². The van der Waals surface area contributed by atoms with Crippen molar-refractivity contribution in [3.05, 3.63) is 0 Å². The van der Waals surface area contributed by atoms with Gasteiger partial charge in [-0.2, -0.15) is 0 Å². The van der Waals surface area contributed by atoms with Crippen molar-refractivity contribution in [2.75, 3.05) is 6.61 Å². The van der Waals surface area contributed by atoms with Gasteiger partial charge in [0.05, 0.1) is 18.7 Å². The number of esters is 1. The van der Waals surface area contributed by atoms with E-state index in [0.717, 1.165) is 9.80 Å². The van der Waals surface area contributed by atoms with E-state index in [1.54, 1.807) is 41.5 Å². The minimum absolute atomic E-state index is 0.149. The van der Waals surface area contributed by atoms with E-state index in [-0.39, 0.29) is 25.9 Å². The molecule has 0 aromatic rings. The second-order valence-corrected chi connectivity index (χ2v) is 11.0. The number of carbonyl (C=O) groups excluding carboxylic acids is 4. The molecule has 0 aromatic heterocycles. The van der Waals surface area contributed by atoms with Gasteiger partial charge in [-0.15, -0.1) is 0 Å². The first-order valence-corrected chi connectivity index (χ1v) is 11.7. The molecule has 3 amide bonds. The van der Waals surface area contributed by atoms with Crippen molar-refractivity contribution >= 4 is 24.1 Å². The van der Waals surface area contributed by atoms with Crippen LogP contribution in [0.25, 0.3) is 0 Å². The molecule has 2 fully saturated rings. The van der Waals surface area contributed by atoms with Crippen molar-refractivity contribution in [1.29, 1.82) is 0 Å². The number of carbonyl (C=O) groups is 4. The maximum absolute atomic E-state index is 14.8. The van der Waals surface area contributed by atoms with Crippen LogP contribution in [0.5, 0.6) is 0 Å². The number of amides is 3. The van der Waals surface area contributed by atoms with Crippen molar-refractivity contribution in [2.45, 2.75) is 115 Å². The number of alkyl halides is 2. The van der Waals surface area contributed by atoms with E-state index in [2.05, 4.69) is 0 Å². The normalized spacial score (nSPS) is 29.2. The van der Waals surface area contributed by atoms with E-state index in [0.29, 0.717) is 0 Å². The zero-order valence-corrected chi connectivity index (χ0v) is 21.4. The van der Waals surface area contributed by atoms with Crippen LogP contribution in [-0.4, -0.2) is 88.2 Å². The Kier molecular flexibility index (Phi) is 8.60. The van der Waals surface area contributed by atoms with Gasteiger partial charge in [0.1, 0.15) is 35.6 Å². The molecule has 0 spiro atoms. The average molecular weight is 506 g/mol. The molecule has 10 nitrogen and oxygen atoms in total. The molecule has 0 aromatic carbocycles. The molecule has 2 aliphatic rings. The number of nitrogens with two attached hydrogens (primary N) is 1. The Balaban J connectivity index is 2.08. The molecule has 2 rings (SSSR count). The molecule has 6 atom stereocenters. The lowest BCUT2D eigenvalue weighted by Crippen LogP contribution is -2.50. The summed E-state index contributed by atoms with van der Waals surface area (Å²) in [6.45, 7) is 11.0. The maximum atomic E-state index is 14.8. The molecular formula is C23H37F2N3O7. The largest absolute Gasteiger partial charge is 0.464 e. The lowest BCUT2D eigenvalue weighted by molar-refractivity contribution is -0.149. The number of rotatable bonds is 5. The van der Waals surface area contributed by atoms with Gasteiger partial charge in [0, 0.05) is 19.3 Å². The van der Waals surface area contributed by atoms with Crippen LogP contribution in [-0.2, 0) is 23.8 Å². The molecule has 0 radical (unpaired) electrons. The highest BCUT2D eigenvalue weighted by Crippen LogP contribution is 2.32. The van der Waals surface area contributed by atoms with Crippen molar-refractivity contribution in [3.8, 4) is 0 Å². The summed E-state index contributed by atoms with van der Waals surface area (Å²) < 4.78 is 45.0. The van der Waals surface area contributed by atoms with Crippen LogP contribution in [0.1, 0.15) is 67.7 Å². The summed E-state index contributed by atoms with van der Waals surface area (Å²) in [6.07, 6.45) is -5.51. The number of hydrogen-bond donors (Lipinski definition) is 1. The second-order valence-electron chi connectivity index (χ2n) is 11.0. The van der Waals surface area contributed by atoms with E-state index in [4.69, 9.17) is 19.9 Å². The highest BCUT2D eigenvalue weighted by atomic mass is 19.1. The number of hydrogen-bond acceptors (Lipinski definition) is 7. The average Bonchev–Trinajstić information content (AvgIpc) is 3.16. The van der Waals surface area contributed by atoms with Gasteiger partial charge >= 0.3 is 18.2 Å². The van der Waals surface area contributed by atoms with E-state index in [1.807, 2.05) is 0 Å². The summed E-state index contributed by atoms with van der Waals surface area (Å²) in [5.74, 6) is -1.74. The van der Waals surface area contributed by atoms with Crippen molar-refractivity contribution in [2.24, 2.45) is 5.73 Å². The van der Waals surface area contributed by atoms with Crippen molar-refractivity contribution in [3.63, 3.8) is 0 Å². The minimum atomic E-state index is -1.60. The predicted octanol–water partition coefficient (Wildman–Crippen LogP) is 2.86. The van der Waals surface area contributed by atoms with Crippen molar-refractivity contribution in [1.82, 2.24) is 9.80 Å². The molecule has 2 N–H and O–H groups in total. The Bertz CT molecular complexity index is 827. The summed E-state index contributed by atoms with van der Waals surface area (Å²) in [5, 5.41) is 0. The third-order valence-corrected chi connectivity index (χ3v) is 5.77. The highest BCUT2D eigenvalue weighted by Gasteiger charge is 2.49. The molecular weight excluding hydrogens is 468 g/mol. The Morgan fingerprint density at radius 2 is 1.34 bits per heavy atom. The second kappa shape index (κ2) is 10.5. The lowest BCUT2D eigenvalue weighted by atomic mass is 10.1. The number of nitrogens with zero attached hydrogens (tertiary/aromatic N) is 2. The monoisotopic (exact) mass is 505 g/mol. The Hall–Kier alpha value is -2.66. The molecule has 0 bridgehead atoms. The van der Waals surface area contributed by atoms with Gasteiger partial charge < -0.3 is 19.9 Å². The topological polar surface area (TPSA) is 128 Å². The van der Waals surface area contributed by atoms with Gasteiger partial charge in [-0.25, -0.2) is 23.2 Å². The third kappa shape index (κ3) is 7.17. The first-order valence-electron chi connectivity index (χ1n) is 11.7. The first kappa shape index (κ1) is 28.6. The summed E-state index contributed by atoms with van der Waals surface area (Å²) in [5.41, 5.74) is 3.62. The van der Waals surface area contributed by atoms with E-state index >= 15 is 0 Å². The Morgan fingerprint density at radius 3 is 1.83 bits per heavy atom. The molecule has 2 aliphatic heterocycles. The summed E-state index contributed by atoms with van der Waals surface area (Å²) in [4.78, 5) is 51.8. The number of ether oxygens (including phenoxy) is 3. The summed E-state index contributed by atoms with van der Waals surface area (Å²) in [7, 11) is 0. The maximum Gasteiger partial charge on any atom is 0.411 e. The van der Waals surface area contributed by atoms with Crippen LogP contribution in [0.2, 0.25) is 0 Å². The number of likely N-dealkylation sites (tertiary alicyclic amines) is 2. The van der Waals surface area contributed by atoms with Crippen LogP contribution < -0.4 is 5.73 Å². The minimum Gasteiger partial charge on any atom is -0.464 e. The molecule has 0 aliphatic carbocycles. The van der Waals surface area contributed by atoms with E-state index < -0.39 is 71.8 Å². The Labute approximate surface area is 204 Å². The fraction of sp³-hybridized carbons (Fsp3) is 0.826. The van der Waals surface area contributed by atoms with Crippen LogP contribution >= 0.6 is 0 Å². The smallest absolute Gasteiger partial charge is 0.411 e. The molecule has 0 saturated carbocycles. The third-order valence-electron chi connectivity index (χ3n) is 5.77. The standard InChI is InChI=1S/C23H37F2N3O7/c1-12-13(24)10-17(27(12)20(31)34-22(2,3)4)19(30)33-9-8-15-14(25)11-16(18(26)29)28(15)21(32)35-23(5,6)7/h12-17H,8-11H2,1-7H3,(H2,26,29)/t12-,13+,14+,15-,16-,17-/m0/s1. The quantitative estimate of drug-likeness (QED) is 0.449. The molecule has 12 heteroatoms. The number of halogens is 2. The van der Waals surface area contributed by atoms with Crippen LogP contribution in [0.15, 0.2) is 0 Å². The first-order chi connectivity index (χ1) is 15.9. The molecule has 2 heterocycles. The van der Waals surface area contributed by atoms with E-state index in [9.17, 15) is 28.0 Å². The fourth-order valence-electron chi connectivity index (χ4n) is 4.22. The van der Waals surface area contributed by atoms with E-state index in [1.165, 1.54) is 6.92 Å². The summed E-state index contributed by atoms with van der Waals surface area (Å²) in [6, 6.07) is -4.42. The predicted molar refractivity (Wildman–Crippen MR) is 121 cm³/mol. The van der Waals surface area contributed by atoms with Gasteiger partial charge in [-0.3, -0.25) is 14.6 Å². The molecule has 2 saturated heterocycles. The SMILES string of the molecule is C[C@H]1[C@H](F)C[C@@H](C(=O)OCC[C@H]2[C@H](F)C[C@@H](C(N)=O)N2C(=O)OC(C)(C)C)N1C(=O)OC(C)(C)C. The molecule has 0 unspecified atom stereocenters. The zero-order chi connectivity index (χ0) is 26.9. The summed E-state index contributed by atoms with van der Waals surface area (Å²) >= 11 is 0. The highest BCUT2D eigenvalue weighted by molar-refractivity contribution is 5.85. The molecule has 200 valence electrons. The zero-order valence-electron chi connectivity index (χ0n) is 21.4. The molecule has 35 heavy (non-hydrogen) atoms. The van der Waals surface area contributed by atoms with Crippen molar-refractivity contribution < 1.29 is 42.2 Å².